The SMILES string of the molecule is Cc1ccc(C)c(Nc2cc(C)nc(NCC3CCCO3)n2)c1. The summed E-state index contributed by atoms with van der Waals surface area (Å²) in [6.45, 7) is 7.77. The van der Waals surface area contributed by atoms with Crippen molar-refractivity contribution in [3.63, 3.8) is 0 Å². The van der Waals surface area contributed by atoms with Gasteiger partial charge in [0.25, 0.3) is 0 Å². The van der Waals surface area contributed by atoms with E-state index in [2.05, 4.69) is 52.6 Å². The van der Waals surface area contributed by atoms with Crippen molar-refractivity contribution < 1.29 is 4.74 Å². The number of hydrogen-bond acceptors (Lipinski definition) is 5. The Balaban J connectivity index is 1.72. The molecule has 5 nitrogen and oxygen atoms in total. The fourth-order valence-electron chi connectivity index (χ4n) is 2.73. The van der Waals surface area contributed by atoms with Gasteiger partial charge in [-0.15, -0.1) is 0 Å². The predicted octanol–water partition coefficient (Wildman–Crippen LogP) is 3.74. The summed E-state index contributed by atoms with van der Waals surface area (Å²) in [6, 6.07) is 8.31. The predicted molar refractivity (Wildman–Crippen MR) is 93.4 cm³/mol. The zero-order chi connectivity index (χ0) is 16.2. The van der Waals surface area contributed by atoms with E-state index in [9.17, 15) is 0 Å². The third-order valence-corrected chi connectivity index (χ3v) is 4.02. The van der Waals surface area contributed by atoms with Crippen LogP contribution in [0.3, 0.4) is 0 Å². The van der Waals surface area contributed by atoms with Crippen molar-refractivity contribution in [1.82, 2.24) is 9.97 Å². The van der Waals surface area contributed by atoms with Crippen LogP contribution in [0.1, 0.15) is 29.7 Å². The van der Waals surface area contributed by atoms with Crippen LogP contribution in [0.25, 0.3) is 0 Å². The van der Waals surface area contributed by atoms with Crippen molar-refractivity contribution in [2.45, 2.75) is 39.7 Å². The maximum Gasteiger partial charge on any atom is 0.224 e. The van der Waals surface area contributed by atoms with Gasteiger partial charge < -0.3 is 15.4 Å². The van der Waals surface area contributed by atoms with Crippen molar-refractivity contribution in [3.05, 3.63) is 41.1 Å². The molecule has 3 rings (SSSR count). The Morgan fingerprint density at radius 2 is 2.04 bits per heavy atom. The lowest BCUT2D eigenvalue weighted by atomic mass is 10.1. The largest absolute Gasteiger partial charge is 0.376 e. The topological polar surface area (TPSA) is 59.1 Å². The first-order valence-electron chi connectivity index (χ1n) is 8.15. The second kappa shape index (κ2) is 6.96. The third-order valence-electron chi connectivity index (χ3n) is 4.02. The molecule has 0 amide bonds. The van der Waals surface area contributed by atoms with E-state index >= 15 is 0 Å². The van der Waals surface area contributed by atoms with Crippen LogP contribution in [0.15, 0.2) is 24.3 Å². The van der Waals surface area contributed by atoms with Crippen molar-refractivity contribution in [2.24, 2.45) is 0 Å². The average Bonchev–Trinajstić information content (AvgIpc) is 3.02. The number of rotatable bonds is 5. The molecule has 2 heterocycles. The Kier molecular flexibility index (Phi) is 4.76. The van der Waals surface area contributed by atoms with Crippen LogP contribution >= 0.6 is 0 Å². The second-order valence-electron chi connectivity index (χ2n) is 6.18. The molecule has 0 spiro atoms. The summed E-state index contributed by atoms with van der Waals surface area (Å²) in [6.07, 6.45) is 2.52. The highest BCUT2D eigenvalue weighted by atomic mass is 16.5. The molecule has 0 bridgehead atoms. The number of nitrogens with one attached hydrogen (secondary N) is 2. The van der Waals surface area contributed by atoms with Gasteiger partial charge in [-0.2, -0.15) is 4.98 Å². The molecule has 0 aliphatic carbocycles. The highest BCUT2D eigenvalue weighted by Crippen LogP contribution is 2.22. The van der Waals surface area contributed by atoms with Crippen LogP contribution in [0, 0.1) is 20.8 Å². The molecule has 1 saturated heterocycles. The van der Waals surface area contributed by atoms with Crippen LogP contribution in [-0.2, 0) is 4.74 Å². The Hall–Kier alpha value is -2.14. The van der Waals surface area contributed by atoms with E-state index in [1.165, 1.54) is 11.1 Å². The molecule has 1 aliphatic heterocycles. The number of nitrogens with zero attached hydrogens (tertiary/aromatic N) is 2. The van der Waals surface area contributed by atoms with Crippen LogP contribution in [0.4, 0.5) is 17.5 Å². The van der Waals surface area contributed by atoms with E-state index < -0.39 is 0 Å². The van der Waals surface area contributed by atoms with Crippen LogP contribution in [0.5, 0.6) is 0 Å². The van der Waals surface area contributed by atoms with E-state index in [0.29, 0.717) is 5.95 Å². The van der Waals surface area contributed by atoms with Crippen LogP contribution < -0.4 is 10.6 Å². The minimum atomic E-state index is 0.273. The van der Waals surface area contributed by atoms with Crippen LogP contribution in [-0.4, -0.2) is 29.2 Å². The van der Waals surface area contributed by atoms with Gasteiger partial charge in [0.15, 0.2) is 0 Å². The monoisotopic (exact) mass is 312 g/mol. The molecule has 2 aromatic rings. The van der Waals surface area contributed by atoms with Crippen molar-refractivity contribution in [3.8, 4) is 0 Å². The molecule has 1 aromatic heterocycles. The van der Waals surface area contributed by atoms with Crippen molar-refractivity contribution >= 4 is 17.5 Å². The number of benzene rings is 1. The highest BCUT2D eigenvalue weighted by molar-refractivity contribution is 5.62. The molecule has 1 fully saturated rings. The Labute approximate surface area is 137 Å². The molecule has 23 heavy (non-hydrogen) atoms. The maximum atomic E-state index is 5.63. The summed E-state index contributed by atoms with van der Waals surface area (Å²) in [4.78, 5) is 9.03. The quantitative estimate of drug-likeness (QED) is 0.881. The molecule has 1 aromatic carbocycles. The van der Waals surface area contributed by atoms with Gasteiger partial charge in [-0.1, -0.05) is 12.1 Å². The fourth-order valence-corrected chi connectivity index (χ4v) is 2.73. The van der Waals surface area contributed by atoms with Gasteiger partial charge in [-0.05, 0) is 50.8 Å². The summed E-state index contributed by atoms with van der Waals surface area (Å²) in [5.41, 5.74) is 4.43. The van der Waals surface area contributed by atoms with Gasteiger partial charge in [-0.3, -0.25) is 0 Å². The smallest absolute Gasteiger partial charge is 0.224 e. The molecular weight excluding hydrogens is 288 g/mol. The minimum absolute atomic E-state index is 0.273. The average molecular weight is 312 g/mol. The van der Waals surface area contributed by atoms with E-state index in [1.807, 2.05) is 13.0 Å². The molecule has 0 saturated carbocycles. The lowest BCUT2D eigenvalue weighted by molar-refractivity contribution is 0.120. The molecular formula is C18H24N4O. The first kappa shape index (κ1) is 15.7. The number of aromatic nitrogens is 2. The van der Waals surface area contributed by atoms with Crippen molar-refractivity contribution in [1.29, 1.82) is 0 Å². The van der Waals surface area contributed by atoms with Gasteiger partial charge in [0.05, 0.1) is 6.10 Å². The third kappa shape index (κ3) is 4.20. The first-order chi connectivity index (χ1) is 11.1. The van der Waals surface area contributed by atoms with E-state index in [4.69, 9.17) is 4.74 Å². The zero-order valence-electron chi connectivity index (χ0n) is 14.0. The van der Waals surface area contributed by atoms with Crippen molar-refractivity contribution in [2.75, 3.05) is 23.8 Å². The van der Waals surface area contributed by atoms with E-state index in [0.717, 1.165) is 43.2 Å². The lowest BCUT2D eigenvalue weighted by Crippen LogP contribution is -2.20. The maximum absolute atomic E-state index is 5.63. The minimum Gasteiger partial charge on any atom is -0.376 e. The zero-order valence-corrected chi connectivity index (χ0v) is 14.0. The number of hydrogen-bond donors (Lipinski definition) is 2. The molecule has 1 aliphatic rings. The van der Waals surface area contributed by atoms with Gasteiger partial charge in [0.2, 0.25) is 5.95 Å². The molecule has 2 N–H and O–H groups in total. The Bertz CT molecular complexity index is 681. The summed E-state index contributed by atoms with van der Waals surface area (Å²) in [5, 5.41) is 6.69. The summed E-state index contributed by atoms with van der Waals surface area (Å²) >= 11 is 0. The molecule has 1 unspecified atom stereocenters. The molecule has 5 heteroatoms. The normalized spacial score (nSPS) is 17.3. The summed E-state index contributed by atoms with van der Waals surface area (Å²) in [7, 11) is 0. The van der Waals surface area contributed by atoms with E-state index in [-0.39, 0.29) is 6.10 Å². The first-order valence-corrected chi connectivity index (χ1v) is 8.15. The summed E-state index contributed by atoms with van der Waals surface area (Å²) < 4.78 is 5.63. The van der Waals surface area contributed by atoms with Gasteiger partial charge in [0.1, 0.15) is 5.82 Å². The summed E-state index contributed by atoms with van der Waals surface area (Å²) in [5.74, 6) is 1.45. The molecule has 1 atom stereocenters. The van der Waals surface area contributed by atoms with Gasteiger partial charge >= 0.3 is 0 Å². The Morgan fingerprint density at radius 3 is 2.83 bits per heavy atom. The number of aryl methyl sites for hydroxylation is 3. The number of anilines is 3. The van der Waals surface area contributed by atoms with Gasteiger partial charge in [-0.25, -0.2) is 4.98 Å². The lowest BCUT2D eigenvalue weighted by Gasteiger charge is -2.14. The molecule has 122 valence electrons. The van der Waals surface area contributed by atoms with Gasteiger partial charge in [0, 0.05) is 30.6 Å². The second-order valence-corrected chi connectivity index (χ2v) is 6.18. The number of ether oxygens (including phenoxy) is 1. The fraction of sp³-hybridized carbons (Fsp3) is 0.444. The van der Waals surface area contributed by atoms with E-state index in [1.54, 1.807) is 0 Å². The molecule has 0 radical (unpaired) electrons. The highest BCUT2D eigenvalue weighted by Gasteiger charge is 2.15. The Morgan fingerprint density at radius 1 is 1.17 bits per heavy atom. The standard InChI is InChI=1S/C18H24N4O/c1-12-6-7-13(2)16(9-12)21-17-10-14(3)20-18(22-17)19-11-15-5-4-8-23-15/h6-7,9-10,15H,4-5,8,11H2,1-3H3,(H2,19,20,21,22). The van der Waals surface area contributed by atoms with Crippen LogP contribution in [0.2, 0.25) is 0 Å².